The lowest BCUT2D eigenvalue weighted by Gasteiger charge is -2.03. The maximum Gasteiger partial charge on any atom is 0.234 e. The number of hydrogen-bond donors (Lipinski definition) is 2. The summed E-state index contributed by atoms with van der Waals surface area (Å²) in [5.74, 6) is 1.18. The van der Waals surface area contributed by atoms with Crippen LogP contribution in [0.4, 0.5) is 5.69 Å². The summed E-state index contributed by atoms with van der Waals surface area (Å²) in [7, 11) is 0. The number of hydrogen-bond acceptors (Lipinski definition) is 5. The fraction of sp³-hybridized carbons (Fsp3) is 0.286. The van der Waals surface area contributed by atoms with Gasteiger partial charge >= 0.3 is 0 Å². The van der Waals surface area contributed by atoms with E-state index in [0.717, 1.165) is 5.82 Å². The van der Waals surface area contributed by atoms with Crippen LogP contribution in [0, 0.1) is 11.3 Å². The molecule has 0 saturated heterocycles. The molecule has 1 aromatic heterocycles. The van der Waals surface area contributed by atoms with E-state index in [1.807, 2.05) is 19.9 Å². The molecule has 1 aromatic carbocycles. The van der Waals surface area contributed by atoms with Gasteiger partial charge in [0.1, 0.15) is 5.82 Å². The Bertz CT molecular complexity index is 657. The average Bonchev–Trinajstić information content (AvgIpc) is 2.95. The summed E-state index contributed by atoms with van der Waals surface area (Å²) in [4.78, 5) is 16.1. The van der Waals surface area contributed by atoms with Gasteiger partial charge in [-0.05, 0) is 24.3 Å². The van der Waals surface area contributed by atoms with Crippen molar-refractivity contribution in [3.63, 3.8) is 0 Å². The molecule has 108 valence electrons. The Labute approximate surface area is 127 Å². The number of nitrogens with zero attached hydrogens (tertiary/aromatic N) is 3. The quantitative estimate of drug-likeness (QED) is 0.827. The first kappa shape index (κ1) is 15.1. The highest BCUT2D eigenvalue weighted by Crippen LogP contribution is 2.16. The number of carbonyl (C=O) groups is 1. The first-order chi connectivity index (χ1) is 10.1. The predicted octanol–water partition coefficient (Wildman–Crippen LogP) is 2.53. The zero-order valence-electron chi connectivity index (χ0n) is 11.8. The minimum Gasteiger partial charge on any atom is -0.325 e. The normalized spacial score (nSPS) is 10.4. The van der Waals surface area contributed by atoms with Gasteiger partial charge in [0.25, 0.3) is 0 Å². The number of thioether (sulfide) groups is 1. The van der Waals surface area contributed by atoms with Gasteiger partial charge in [-0.15, -0.1) is 5.10 Å². The van der Waals surface area contributed by atoms with E-state index in [9.17, 15) is 4.79 Å². The number of nitriles is 1. The Morgan fingerprint density at radius 3 is 2.71 bits per heavy atom. The lowest BCUT2D eigenvalue weighted by Crippen LogP contribution is -2.14. The maximum atomic E-state index is 11.8. The van der Waals surface area contributed by atoms with Gasteiger partial charge in [-0.25, -0.2) is 4.98 Å². The predicted molar refractivity (Wildman–Crippen MR) is 81.0 cm³/mol. The van der Waals surface area contributed by atoms with Crippen LogP contribution in [0.2, 0.25) is 0 Å². The molecule has 2 rings (SSSR count). The highest BCUT2D eigenvalue weighted by Gasteiger charge is 2.09. The van der Waals surface area contributed by atoms with Crippen LogP contribution in [0.15, 0.2) is 29.4 Å². The smallest absolute Gasteiger partial charge is 0.234 e. The van der Waals surface area contributed by atoms with E-state index in [2.05, 4.69) is 20.5 Å². The zero-order chi connectivity index (χ0) is 15.2. The van der Waals surface area contributed by atoms with E-state index in [1.165, 1.54) is 11.8 Å². The Morgan fingerprint density at radius 1 is 1.43 bits per heavy atom. The van der Waals surface area contributed by atoms with Crippen LogP contribution in [0.1, 0.15) is 31.2 Å². The van der Waals surface area contributed by atoms with Crippen LogP contribution in [0.3, 0.4) is 0 Å². The average molecular weight is 301 g/mol. The summed E-state index contributed by atoms with van der Waals surface area (Å²) in [6, 6.07) is 8.75. The molecule has 2 N–H and O–H groups in total. The minimum atomic E-state index is -0.138. The van der Waals surface area contributed by atoms with Gasteiger partial charge in [-0.1, -0.05) is 25.6 Å². The van der Waals surface area contributed by atoms with Gasteiger partial charge in [0, 0.05) is 11.6 Å². The largest absolute Gasteiger partial charge is 0.325 e. The Hall–Kier alpha value is -2.33. The molecule has 7 heteroatoms. The molecule has 0 fully saturated rings. The van der Waals surface area contributed by atoms with Crippen LogP contribution in [-0.2, 0) is 4.79 Å². The van der Waals surface area contributed by atoms with E-state index in [4.69, 9.17) is 5.26 Å². The van der Waals surface area contributed by atoms with Crippen molar-refractivity contribution >= 4 is 23.4 Å². The van der Waals surface area contributed by atoms with Crippen LogP contribution in [-0.4, -0.2) is 26.8 Å². The fourth-order valence-corrected chi connectivity index (χ4v) is 2.14. The van der Waals surface area contributed by atoms with Gasteiger partial charge in [0.05, 0.1) is 17.4 Å². The Morgan fingerprint density at radius 2 is 2.14 bits per heavy atom. The van der Waals surface area contributed by atoms with Gasteiger partial charge in [-0.3, -0.25) is 9.89 Å². The van der Waals surface area contributed by atoms with Crippen molar-refractivity contribution in [3.8, 4) is 6.07 Å². The molecular formula is C14H15N5OS. The third kappa shape index (κ3) is 4.33. The third-order valence-electron chi connectivity index (χ3n) is 2.66. The molecule has 2 aromatic rings. The number of H-pyrrole nitrogens is 1. The molecule has 0 radical (unpaired) electrons. The first-order valence-corrected chi connectivity index (χ1v) is 7.42. The second-order valence-corrected chi connectivity index (χ2v) is 5.63. The minimum absolute atomic E-state index is 0.138. The summed E-state index contributed by atoms with van der Waals surface area (Å²) in [6.07, 6.45) is 0. The first-order valence-electron chi connectivity index (χ1n) is 6.43. The molecule has 0 atom stereocenters. The second kappa shape index (κ2) is 6.90. The molecule has 0 spiro atoms. The highest BCUT2D eigenvalue weighted by atomic mass is 32.2. The lowest BCUT2D eigenvalue weighted by atomic mass is 10.2. The molecular weight excluding hydrogens is 286 g/mol. The molecule has 21 heavy (non-hydrogen) atoms. The molecule has 0 saturated carbocycles. The van der Waals surface area contributed by atoms with Crippen LogP contribution in [0.5, 0.6) is 0 Å². The molecule has 0 aliphatic carbocycles. The van der Waals surface area contributed by atoms with E-state index >= 15 is 0 Å². The number of carbonyl (C=O) groups excluding carboxylic acids is 1. The lowest BCUT2D eigenvalue weighted by molar-refractivity contribution is -0.113. The molecule has 0 aliphatic rings. The summed E-state index contributed by atoms with van der Waals surface area (Å²) < 4.78 is 0. The van der Waals surface area contributed by atoms with Crippen molar-refractivity contribution in [2.75, 3.05) is 11.1 Å². The van der Waals surface area contributed by atoms with Crippen LogP contribution < -0.4 is 5.32 Å². The number of aromatic nitrogens is 3. The summed E-state index contributed by atoms with van der Waals surface area (Å²) in [6.45, 7) is 4.04. The Balaban J connectivity index is 1.85. The molecule has 0 aliphatic heterocycles. The van der Waals surface area contributed by atoms with E-state index < -0.39 is 0 Å². The molecule has 6 nitrogen and oxygen atoms in total. The van der Waals surface area contributed by atoms with Crippen molar-refractivity contribution < 1.29 is 4.79 Å². The summed E-state index contributed by atoms with van der Waals surface area (Å²) in [5.41, 5.74) is 1.22. The van der Waals surface area contributed by atoms with Crippen molar-refractivity contribution in [1.29, 1.82) is 5.26 Å². The molecule has 1 amide bonds. The third-order valence-corrected chi connectivity index (χ3v) is 3.51. The van der Waals surface area contributed by atoms with Gasteiger partial charge in [-0.2, -0.15) is 5.26 Å². The number of nitrogens with one attached hydrogen (secondary N) is 2. The zero-order valence-corrected chi connectivity index (χ0v) is 12.6. The number of aromatic amines is 1. The van der Waals surface area contributed by atoms with Crippen molar-refractivity contribution in [2.24, 2.45) is 0 Å². The number of anilines is 1. The SMILES string of the molecule is CC(C)c1nc(SCC(=O)Nc2ccc(C#N)cc2)n[nH]1. The van der Waals surface area contributed by atoms with Crippen LogP contribution >= 0.6 is 11.8 Å². The van der Waals surface area contributed by atoms with E-state index in [-0.39, 0.29) is 17.6 Å². The van der Waals surface area contributed by atoms with Gasteiger partial charge < -0.3 is 5.32 Å². The van der Waals surface area contributed by atoms with Gasteiger partial charge in [0.2, 0.25) is 11.1 Å². The van der Waals surface area contributed by atoms with Crippen LogP contribution in [0.25, 0.3) is 0 Å². The van der Waals surface area contributed by atoms with Gasteiger partial charge in [0.15, 0.2) is 0 Å². The number of rotatable bonds is 5. The van der Waals surface area contributed by atoms with Crippen molar-refractivity contribution in [2.45, 2.75) is 24.9 Å². The Kier molecular flexibility index (Phi) is 4.95. The highest BCUT2D eigenvalue weighted by molar-refractivity contribution is 7.99. The summed E-state index contributed by atoms with van der Waals surface area (Å²) >= 11 is 1.28. The topological polar surface area (TPSA) is 94.5 Å². The van der Waals surface area contributed by atoms with Crippen molar-refractivity contribution in [3.05, 3.63) is 35.7 Å². The maximum absolute atomic E-state index is 11.8. The van der Waals surface area contributed by atoms with Crippen molar-refractivity contribution in [1.82, 2.24) is 15.2 Å². The number of benzene rings is 1. The molecule has 1 heterocycles. The van der Waals surface area contributed by atoms with E-state index in [0.29, 0.717) is 16.4 Å². The summed E-state index contributed by atoms with van der Waals surface area (Å²) in [5, 5.41) is 18.9. The standard InChI is InChI=1S/C14H15N5OS/c1-9(2)13-17-14(19-18-13)21-8-12(20)16-11-5-3-10(7-15)4-6-11/h3-6,9H,8H2,1-2H3,(H,16,20)(H,17,18,19). The number of amides is 1. The van der Waals surface area contributed by atoms with E-state index in [1.54, 1.807) is 24.3 Å². The fourth-order valence-electron chi connectivity index (χ4n) is 1.54. The molecule has 0 unspecified atom stereocenters. The second-order valence-electron chi connectivity index (χ2n) is 4.68. The monoisotopic (exact) mass is 301 g/mol. The molecule has 0 bridgehead atoms.